The van der Waals surface area contributed by atoms with E-state index in [9.17, 15) is 19.2 Å². The molecule has 0 aromatic rings. The third-order valence-corrected chi connectivity index (χ3v) is 6.58. The lowest BCUT2D eigenvalue weighted by molar-refractivity contribution is -0.144. The van der Waals surface area contributed by atoms with E-state index in [-0.39, 0.29) is 30.2 Å². The second-order valence-electron chi connectivity index (χ2n) is 10.6. The molecular formula is C24H40N4O4. The zero-order valence-electron chi connectivity index (χ0n) is 20.1. The first kappa shape index (κ1) is 26.0. The molecule has 0 spiro atoms. The fourth-order valence-electron chi connectivity index (χ4n) is 4.23. The molecule has 2 rings (SSSR count). The lowest BCUT2D eigenvalue weighted by Crippen LogP contribution is -2.58. The molecule has 180 valence electrons. The summed E-state index contributed by atoms with van der Waals surface area (Å²) in [5, 5.41) is 5.32. The van der Waals surface area contributed by atoms with Crippen molar-refractivity contribution in [1.29, 1.82) is 0 Å². The fraction of sp³-hybridized carbons (Fsp3) is 0.750. The van der Waals surface area contributed by atoms with Gasteiger partial charge in [0.15, 0.2) is 0 Å². The Morgan fingerprint density at radius 3 is 2.28 bits per heavy atom. The normalized spacial score (nSPS) is 22.9. The molecule has 3 amide bonds. The number of nitrogens with two attached hydrogens (primary N) is 1. The summed E-state index contributed by atoms with van der Waals surface area (Å²) in [6, 6.07) is -2.35. The molecule has 2 fully saturated rings. The van der Waals surface area contributed by atoms with Crippen LogP contribution in [0.1, 0.15) is 60.3 Å². The van der Waals surface area contributed by atoms with Crippen LogP contribution < -0.4 is 16.4 Å². The number of carbonyl (C=O) groups is 4. The van der Waals surface area contributed by atoms with Gasteiger partial charge in [0.2, 0.25) is 17.6 Å². The van der Waals surface area contributed by atoms with Crippen LogP contribution in [0.15, 0.2) is 12.7 Å². The summed E-state index contributed by atoms with van der Waals surface area (Å²) in [7, 11) is 0. The Morgan fingerprint density at radius 2 is 1.78 bits per heavy atom. The average molecular weight is 449 g/mol. The third kappa shape index (κ3) is 6.40. The fourth-order valence-corrected chi connectivity index (χ4v) is 4.23. The monoisotopic (exact) mass is 448 g/mol. The molecule has 2 aliphatic rings. The minimum atomic E-state index is -0.901. The molecular weight excluding hydrogens is 408 g/mol. The van der Waals surface area contributed by atoms with Crippen LogP contribution in [0.4, 0.5) is 0 Å². The van der Waals surface area contributed by atoms with E-state index in [1.165, 1.54) is 6.08 Å². The molecule has 0 bridgehead atoms. The Morgan fingerprint density at radius 1 is 1.16 bits per heavy atom. The van der Waals surface area contributed by atoms with Gasteiger partial charge < -0.3 is 21.3 Å². The Balaban J connectivity index is 2.23. The van der Waals surface area contributed by atoms with E-state index in [0.29, 0.717) is 25.3 Å². The number of nitrogens with zero attached hydrogens (tertiary/aromatic N) is 1. The Labute approximate surface area is 191 Å². The van der Waals surface area contributed by atoms with Gasteiger partial charge in [0, 0.05) is 13.1 Å². The van der Waals surface area contributed by atoms with Crippen LogP contribution in [0.3, 0.4) is 0 Å². The highest BCUT2D eigenvalue weighted by atomic mass is 16.2. The minimum Gasteiger partial charge on any atom is -0.346 e. The van der Waals surface area contributed by atoms with Gasteiger partial charge in [0.25, 0.3) is 5.91 Å². The van der Waals surface area contributed by atoms with Gasteiger partial charge in [-0.3, -0.25) is 19.2 Å². The highest BCUT2D eigenvalue weighted by Crippen LogP contribution is 2.35. The van der Waals surface area contributed by atoms with Crippen molar-refractivity contribution in [2.24, 2.45) is 28.9 Å². The zero-order chi connectivity index (χ0) is 24.2. The van der Waals surface area contributed by atoms with Crippen LogP contribution in [-0.4, -0.2) is 59.6 Å². The molecule has 8 nitrogen and oxygen atoms in total. The van der Waals surface area contributed by atoms with Crippen molar-refractivity contribution in [3.8, 4) is 0 Å². The first-order chi connectivity index (χ1) is 14.9. The Kier molecular flexibility index (Phi) is 8.62. The predicted octanol–water partition coefficient (Wildman–Crippen LogP) is 1.39. The third-order valence-electron chi connectivity index (χ3n) is 6.58. The molecule has 1 heterocycles. The van der Waals surface area contributed by atoms with Gasteiger partial charge in [-0.15, -0.1) is 6.58 Å². The topological polar surface area (TPSA) is 122 Å². The number of Topliss-reactive ketones (excluding diaryl/α,β-unsaturated/α-hetero) is 1. The molecule has 1 saturated heterocycles. The summed E-state index contributed by atoms with van der Waals surface area (Å²) in [6.07, 6.45) is 4.58. The van der Waals surface area contributed by atoms with Crippen LogP contribution in [0.2, 0.25) is 0 Å². The second-order valence-corrected chi connectivity index (χ2v) is 10.6. The van der Waals surface area contributed by atoms with E-state index in [2.05, 4.69) is 17.2 Å². The van der Waals surface area contributed by atoms with Gasteiger partial charge in [0.05, 0.1) is 12.1 Å². The predicted molar refractivity (Wildman–Crippen MR) is 123 cm³/mol. The molecule has 1 saturated carbocycles. The van der Waals surface area contributed by atoms with Crippen molar-refractivity contribution >= 4 is 23.5 Å². The lowest BCUT2D eigenvalue weighted by atomic mass is 9.85. The van der Waals surface area contributed by atoms with Gasteiger partial charge in [0.1, 0.15) is 6.04 Å². The number of nitrogens with one attached hydrogen (secondary N) is 2. The van der Waals surface area contributed by atoms with Crippen molar-refractivity contribution in [3.05, 3.63) is 12.7 Å². The molecule has 1 aliphatic carbocycles. The Hall–Kier alpha value is -2.22. The van der Waals surface area contributed by atoms with E-state index in [1.807, 2.05) is 34.6 Å². The molecule has 0 radical (unpaired) electrons. The summed E-state index contributed by atoms with van der Waals surface area (Å²) >= 11 is 0. The number of rotatable bonds is 10. The van der Waals surface area contributed by atoms with Gasteiger partial charge in [-0.25, -0.2) is 0 Å². The largest absolute Gasteiger partial charge is 0.346 e. The lowest BCUT2D eigenvalue weighted by Gasteiger charge is -2.35. The summed E-state index contributed by atoms with van der Waals surface area (Å²) in [4.78, 5) is 53.2. The van der Waals surface area contributed by atoms with Crippen LogP contribution >= 0.6 is 0 Å². The smallest absolute Gasteiger partial charge is 0.289 e. The molecule has 4 atom stereocenters. The SMILES string of the molecule is C=CCNC(=O)C(=O)C(CC1CC1)NC(=O)C1C(C(C)C)CCN1C(=O)C(N)C(C)(C)C. The number of carbonyl (C=O) groups excluding carboxylic acids is 4. The van der Waals surface area contributed by atoms with Crippen molar-refractivity contribution < 1.29 is 19.2 Å². The van der Waals surface area contributed by atoms with Gasteiger partial charge in [-0.1, -0.05) is 53.5 Å². The summed E-state index contributed by atoms with van der Waals surface area (Å²) in [5.41, 5.74) is 5.79. The molecule has 4 unspecified atom stereocenters. The van der Waals surface area contributed by atoms with E-state index < -0.39 is 35.2 Å². The van der Waals surface area contributed by atoms with Gasteiger partial charge in [-0.2, -0.15) is 0 Å². The molecule has 4 N–H and O–H groups in total. The highest BCUT2D eigenvalue weighted by Gasteiger charge is 2.46. The van der Waals surface area contributed by atoms with Crippen LogP contribution in [-0.2, 0) is 19.2 Å². The summed E-state index contributed by atoms with van der Waals surface area (Å²) < 4.78 is 0. The highest BCUT2D eigenvalue weighted by molar-refractivity contribution is 6.38. The maximum absolute atomic E-state index is 13.5. The van der Waals surface area contributed by atoms with Crippen molar-refractivity contribution in [2.75, 3.05) is 13.1 Å². The van der Waals surface area contributed by atoms with Crippen molar-refractivity contribution in [2.45, 2.75) is 78.4 Å². The molecule has 0 aromatic carbocycles. The second kappa shape index (κ2) is 10.6. The number of likely N-dealkylation sites (tertiary alicyclic amines) is 1. The van der Waals surface area contributed by atoms with Crippen LogP contribution in [0.5, 0.6) is 0 Å². The standard InChI is InChI=1S/C24H40N4O4/c1-7-11-26-22(31)19(29)17(13-15-8-9-15)27-21(30)18-16(14(2)3)10-12-28(18)23(32)20(25)24(4,5)6/h7,14-18,20H,1,8-13,25H2,2-6H3,(H,26,31)(H,27,30). The zero-order valence-corrected chi connectivity index (χ0v) is 20.1. The average Bonchev–Trinajstić information content (AvgIpc) is 3.42. The first-order valence-electron chi connectivity index (χ1n) is 11.7. The molecule has 8 heteroatoms. The van der Waals surface area contributed by atoms with E-state index in [0.717, 1.165) is 12.8 Å². The van der Waals surface area contributed by atoms with Crippen molar-refractivity contribution in [3.63, 3.8) is 0 Å². The van der Waals surface area contributed by atoms with E-state index in [1.54, 1.807) is 4.90 Å². The van der Waals surface area contributed by atoms with Gasteiger partial charge in [-0.05, 0) is 36.0 Å². The maximum Gasteiger partial charge on any atom is 0.289 e. The maximum atomic E-state index is 13.5. The van der Waals surface area contributed by atoms with Crippen molar-refractivity contribution in [1.82, 2.24) is 15.5 Å². The Bertz CT molecular complexity index is 739. The molecule has 1 aliphatic heterocycles. The van der Waals surface area contributed by atoms with Crippen LogP contribution in [0, 0.1) is 23.2 Å². The molecule has 32 heavy (non-hydrogen) atoms. The summed E-state index contributed by atoms with van der Waals surface area (Å²) in [6.45, 7) is 13.9. The van der Waals surface area contributed by atoms with Crippen LogP contribution in [0.25, 0.3) is 0 Å². The van der Waals surface area contributed by atoms with Gasteiger partial charge >= 0.3 is 0 Å². The number of amides is 3. The number of ketones is 1. The van der Waals surface area contributed by atoms with E-state index in [4.69, 9.17) is 5.73 Å². The summed E-state index contributed by atoms with van der Waals surface area (Å²) in [5.74, 6) is -1.57. The molecule has 0 aromatic heterocycles. The number of hydrogen-bond acceptors (Lipinski definition) is 5. The minimum absolute atomic E-state index is 0.0441. The number of hydrogen-bond donors (Lipinski definition) is 3. The quantitative estimate of drug-likeness (QED) is 0.344. The van der Waals surface area contributed by atoms with E-state index >= 15 is 0 Å². The first-order valence-corrected chi connectivity index (χ1v) is 11.7.